The van der Waals surface area contributed by atoms with E-state index in [1.807, 2.05) is 0 Å². The minimum Gasteiger partial charge on any atom is -0.476 e. The molecule has 2 aromatic rings. The first-order valence-electron chi connectivity index (χ1n) is 5.02. The number of aromatic nitrogens is 2. The average Bonchev–Trinajstić information content (AvgIpc) is 2.88. The summed E-state index contributed by atoms with van der Waals surface area (Å²) >= 11 is 0. The molecule has 0 saturated heterocycles. The summed E-state index contributed by atoms with van der Waals surface area (Å²) < 4.78 is 9.93. The van der Waals surface area contributed by atoms with E-state index in [2.05, 4.69) is 15.3 Å². The van der Waals surface area contributed by atoms with Gasteiger partial charge in [0.1, 0.15) is 12.1 Å². The molecule has 0 aliphatic heterocycles. The first kappa shape index (κ1) is 11.8. The third kappa shape index (κ3) is 2.37. The number of rotatable bonds is 5. The van der Waals surface area contributed by atoms with Gasteiger partial charge < -0.3 is 14.5 Å². The van der Waals surface area contributed by atoms with Crippen LogP contribution in [-0.2, 0) is 6.54 Å². The summed E-state index contributed by atoms with van der Waals surface area (Å²) in [6, 6.07) is 3.48. The molecule has 94 valence electrons. The van der Waals surface area contributed by atoms with Gasteiger partial charge in [-0.05, 0) is 12.1 Å². The summed E-state index contributed by atoms with van der Waals surface area (Å²) in [5.41, 5.74) is -0.299. The van der Waals surface area contributed by atoms with Crippen molar-refractivity contribution in [1.82, 2.24) is 9.97 Å². The van der Waals surface area contributed by atoms with Gasteiger partial charge in [0.05, 0.1) is 24.8 Å². The Labute approximate surface area is 102 Å². The SMILES string of the molecule is COc1ncnc(NCc2ccco2)c1[N+](=O)[O-]. The molecule has 18 heavy (non-hydrogen) atoms. The van der Waals surface area contributed by atoms with Gasteiger partial charge in [-0.3, -0.25) is 10.1 Å². The predicted octanol–water partition coefficient (Wildman–Crippen LogP) is 1.60. The molecule has 8 nitrogen and oxygen atoms in total. The molecule has 0 bridgehead atoms. The van der Waals surface area contributed by atoms with Crippen molar-refractivity contribution in [3.05, 3.63) is 40.6 Å². The first-order valence-corrected chi connectivity index (χ1v) is 5.02. The lowest BCUT2D eigenvalue weighted by molar-refractivity contribution is -0.385. The van der Waals surface area contributed by atoms with Crippen molar-refractivity contribution in [2.45, 2.75) is 6.54 Å². The monoisotopic (exact) mass is 250 g/mol. The van der Waals surface area contributed by atoms with Crippen LogP contribution in [0.25, 0.3) is 0 Å². The number of anilines is 1. The Morgan fingerprint density at radius 2 is 2.39 bits per heavy atom. The molecule has 2 heterocycles. The van der Waals surface area contributed by atoms with Gasteiger partial charge in [-0.1, -0.05) is 0 Å². The number of hydrogen-bond acceptors (Lipinski definition) is 7. The van der Waals surface area contributed by atoms with Crippen LogP contribution in [0.2, 0.25) is 0 Å². The molecule has 0 atom stereocenters. The average molecular weight is 250 g/mol. The molecule has 0 saturated carbocycles. The van der Waals surface area contributed by atoms with Crippen LogP contribution in [0.3, 0.4) is 0 Å². The third-order valence-corrected chi connectivity index (χ3v) is 2.17. The molecule has 0 fully saturated rings. The highest BCUT2D eigenvalue weighted by Gasteiger charge is 2.23. The minimum atomic E-state index is -0.594. The Kier molecular flexibility index (Phi) is 3.37. The maximum Gasteiger partial charge on any atom is 0.372 e. The fraction of sp³-hybridized carbons (Fsp3) is 0.200. The molecule has 0 aromatic carbocycles. The van der Waals surface area contributed by atoms with E-state index in [9.17, 15) is 10.1 Å². The fourth-order valence-corrected chi connectivity index (χ4v) is 1.39. The number of furan rings is 1. The molecule has 0 aliphatic carbocycles. The Morgan fingerprint density at radius 3 is 3.00 bits per heavy atom. The molecular weight excluding hydrogens is 240 g/mol. The maximum atomic E-state index is 10.9. The van der Waals surface area contributed by atoms with Crippen LogP contribution < -0.4 is 10.1 Å². The van der Waals surface area contributed by atoms with Crippen molar-refractivity contribution in [1.29, 1.82) is 0 Å². The van der Waals surface area contributed by atoms with E-state index < -0.39 is 4.92 Å². The summed E-state index contributed by atoms with van der Waals surface area (Å²) in [7, 11) is 1.31. The van der Waals surface area contributed by atoms with E-state index >= 15 is 0 Å². The van der Waals surface area contributed by atoms with Crippen molar-refractivity contribution in [3.63, 3.8) is 0 Å². The number of nitrogens with zero attached hydrogens (tertiary/aromatic N) is 3. The van der Waals surface area contributed by atoms with Gasteiger partial charge in [-0.15, -0.1) is 0 Å². The summed E-state index contributed by atoms with van der Waals surface area (Å²) in [4.78, 5) is 17.9. The zero-order valence-electron chi connectivity index (χ0n) is 9.49. The molecule has 1 N–H and O–H groups in total. The summed E-state index contributed by atoms with van der Waals surface area (Å²) in [5.74, 6) is 0.641. The quantitative estimate of drug-likeness (QED) is 0.634. The zero-order valence-corrected chi connectivity index (χ0v) is 9.49. The molecule has 0 unspecified atom stereocenters. The van der Waals surface area contributed by atoms with Crippen LogP contribution in [0.1, 0.15) is 5.76 Å². The lowest BCUT2D eigenvalue weighted by Gasteiger charge is -2.06. The van der Waals surface area contributed by atoms with Crippen molar-refractivity contribution < 1.29 is 14.1 Å². The summed E-state index contributed by atoms with van der Waals surface area (Å²) in [6.45, 7) is 0.286. The highest BCUT2D eigenvalue weighted by molar-refractivity contribution is 5.60. The van der Waals surface area contributed by atoms with Gasteiger partial charge in [0, 0.05) is 0 Å². The Balaban J connectivity index is 2.24. The lowest BCUT2D eigenvalue weighted by Crippen LogP contribution is -2.06. The number of ether oxygens (including phenoxy) is 1. The number of methoxy groups -OCH3 is 1. The van der Waals surface area contributed by atoms with Gasteiger partial charge >= 0.3 is 5.69 Å². The van der Waals surface area contributed by atoms with Crippen molar-refractivity contribution in [2.24, 2.45) is 0 Å². The smallest absolute Gasteiger partial charge is 0.372 e. The topological polar surface area (TPSA) is 103 Å². The van der Waals surface area contributed by atoms with Crippen molar-refractivity contribution in [2.75, 3.05) is 12.4 Å². The first-order chi connectivity index (χ1) is 8.72. The Morgan fingerprint density at radius 1 is 1.56 bits per heavy atom. The Hall–Kier alpha value is -2.64. The second kappa shape index (κ2) is 5.13. The second-order valence-corrected chi connectivity index (χ2v) is 3.27. The fourth-order valence-electron chi connectivity index (χ4n) is 1.39. The standard InChI is InChI=1S/C10H10N4O4/c1-17-10-8(14(15)16)9(12-6-13-10)11-5-7-3-2-4-18-7/h2-4,6H,5H2,1H3,(H,11,12,13). The van der Waals surface area contributed by atoms with Crippen LogP contribution >= 0.6 is 0 Å². The van der Waals surface area contributed by atoms with Crippen LogP contribution in [0.5, 0.6) is 5.88 Å². The molecule has 0 radical (unpaired) electrons. The van der Waals surface area contributed by atoms with Crippen LogP contribution in [0, 0.1) is 10.1 Å². The van der Waals surface area contributed by atoms with E-state index in [4.69, 9.17) is 9.15 Å². The molecule has 0 aliphatic rings. The predicted molar refractivity (Wildman–Crippen MR) is 61.3 cm³/mol. The Bertz CT molecular complexity index is 541. The largest absolute Gasteiger partial charge is 0.476 e. The number of nitrogens with one attached hydrogen (secondary N) is 1. The molecule has 8 heteroatoms. The number of hydrogen-bond donors (Lipinski definition) is 1. The van der Waals surface area contributed by atoms with E-state index in [0.717, 1.165) is 0 Å². The molecule has 0 amide bonds. The van der Waals surface area contributed by atoms with Crippen molar-refractivity contribution in [3.8, 4) is 5.88 Å². The minimum absolute atomic E-state index is 0.0862. The highest BCUT2D eigenvalue weighted by Crippen LogP contribution is 2.30. The highest BCUT2D eigenvalue weighted by atomic mass is 16.6. The molecule has 0 spiro atoms. The summed E-state index contributed by atoms with van der Waals surface area (Å²) in [5, 5.41) is 13.8. The van der Waals surface area contributed by atoms with Gasteiger partial charge in [0.2, 0.25) is 5.82 Å². The van der Waals surface area contributed by atoms with Crippen LogP contribution in [0.15, 0.2) is 29.1 Å². The van der Waals surface area contributed by atoms with Crippen molar-refractivity contribution >= 4 is 11.5 Å². The maximum absolute atomic E-state index is 10.9. The lowest BCUT2D eigenvalue weighted by atomic mass is 10.4. The normalized spacial score (nSPS) is 10.1. The summed E-state index contributed by atoms with van der Waals surface area (Å²) in [6.07, 6.45) is 2.71. The van der Waals surface area contributed by atoms with E-state index in [-0.39, 0.29) is 23.9 Å². The molecule has 2 rings (SSSR count). The van der Waals surface area contributed by atoms with E-state index in [1.54, 1.807) is 12.1 Å². The van der Waals surface area contributed by atoms with E-state index in [0.29, 0.717) is 5.76 Å². The third-order valence-electron chi connectivity index (χ3n) is 2.17. The van der Waals surface area contributed by atoms with Gasteiger partial charge in [0.15, 0.2) is 0 Å². The van der Waals surface area contributed by atoms with Gasteiger partial charge in [-0.25, -0.2) is 4.98 Å². The zero-order chi connectivity index (χ0) is 13.0. The molecular formula is C10H10N4O4. The number of nitro groups is 1. The van der Waals surface area contributed by atoms with Gasteiger partial charge in [0.25, 0.3) is 5.88 Å². The van der Waals surface area contributed by atoms with E-state index in [1.165, 1.54) is 19.7 Å². The second-order valence-electron chi connectivity index (χ2n) is 3.27. The van der Waals surface area contributed by atoms with Crippen LogP contribution in [-0.4, -0.2) is 22.0 Å². The van der Waals surface area contributed by atoms with Crippen LogP contribution in [0.4, 0.5) is 11.5 Å². The van der Waals surface area contributed by atoms with Gasteiger partial charge in [-0.2, -0.15) is 4.98 Å². The molecule has 2 aromatic heterocycles.